The third kappa shape index (κ3) is 5.59. The minimum Gasteiger partial charge on any atom is -0.364 e. The first-order chi connectivity index (χ1) is 4.83. The van der Waals surface area contributed by atoms with Gasteiger partial charge in [0.2, 0.25) is 0 Å². The summed E-state index contributed by atoms with van der Waals surface area (Å²) in [5.74, 6) is -1.07. The van der Waals surface area contributed by atoms with Crippen molar-refractivity contribution in [2.24, 2.45) is 5.73 Å². The maximum absolute atomic E-state index is 11.4. The van der Waals surface area contributed by atoms with Gasteiger partial charge >= 0.3 is 6.18 Å². The molecule has 0 aliphatic rings. The summed E-state index contributed by atoms with van der Waals surface area (Å²) in [5.41, 5.74) is 4.56. The predicted octanol–water partition coefficient (Wildman–Crippen LogP) is -0.0490. The number of nitrogens with two attached hydrogens (primary N) is 1. The molecular weight excluding hydrogens is 181 g/mol. The van der Waals surface area contributed by atoms with E-state index in [1.54, 1.807) is 5.32 Å². The number of primary amides is 1. The Morgan fingerprint density at radius 2 is 2.00 bits per heavy atom. The van der Waals surface area contributed by atoms with Crippen LogP contribution in [-0.2, 0) is 4.79 Å². The van der Waals surface area contributed by atoms with Crippen molar-refractivity contribution in [2.45, 2.75) is 6.18 Å². The molecule has 0 aromatic carbocycles. The van der Waals surface area contributed by atoms with Crippen LogP contribution in [0.25, 0.3) is 0 Å². The second-order valence-corrected chi connectivity index (χ2v) is 2.07. The smallest absolute Gasteiger partial charge is 0.364 e. The van der Waals surface area contributed by atoms with Crippen LogP contribution in [0, 0.1) is 0 Å². The number of carbonyl (C=O) groups is 1. The quantitative estimate of drug-likeness (QED) is 0.564. The monoisotopic (exact) mass is 186 g/mol. The van der Waals surface area contributed by atoms with Crippen molar-refractivity contribution >= 4 is 23.1 Å². The largest absolute Gasteiger partial charge is 0.405 e. The first kappa shape index (κ1) is 10.2. The van der Waals surface area contributed by atoms with E-state index in [1.165, 1.54) is 0 Å². The summed E-state index contributed by atoms with van der Waals surface area (Å²) in [6.07, 6.45) is -4.39. The lowest BCUT2D eigenvalue weighted by atomic mass is 10.5. The standard InChI is InChI=1S/C4H5F3N2OS/c5-4(6,7)1-9-3(11)2(8)10/h1H2,(H2,8,10)(H,9,11). The Morgan fingerprint density at radius 3 is 2.27 bits per heavy atom. The van der Waals surface area contributed by atoms with Gasteiger partial charge in [-0.15, -0.1) is 0 Å². The van der Waals surface area contributed by atoms with Gasteiger partial charge < -0.3 is 11.1 Å². The summed E-state index contributed by atoms with van der Waals surface area (Å²) in [6, 6.07) is 0. The highest BCUT2D eigenvalue weighted by molar-refractivity contribution is 7.82. The molecule has 0 aliphatic heterocycles. The number of alkyl halides is 3. The van der Waals surface area contributed by atoms with Gasteiger partial charge in [-0.2, -0.15) is 13.2 Å². The lowest BCUT2D eigenvalue weighted by Gasteiger charge is -2.07. The van der Waals surface area contributed by atoms with Crippen LogP contribution in [-0.4, -0.2) is 23.6 Å². The highest BCUT2D eigenvalue weighted by Crippen LogP contribution is 2.11. The zero-order chi connectivity index (χ0) is 9.07. The van der Waals surface area contributed by atoms with Gasteiger partial charge in [0, 0.05) is 0 Å². The molecule has 0 saturated heterocycles. The van der Waals surface area contributed by atoms with Crippen molar-refractivity contribution in [3.63, 3.8) is 0 Å². The maximum atomic E-state index is 11.4. The third-order valence-electron chi connectivity index (χ3n) is 0.673. The Bertz CT molecular complexity index is 179. The Kier molecular flexibility index (Phi) is 3.24. The van der Waals surface area contributed by atoms with E-state index in [9.17, 15) is 18.0 Å². The van der Waals surface area contributed by atoms with Crippen LogP contribution in [0.4, 0.5) is 13.2 Å². The van der Waals surface area contributed by atoms with Gasteiger partial charge in [0.1, 0.15) is 6.54 Å². The van der Waals surface area contributed by atoms with Gasteiger partial charge in [-0.1, -0.05) is 12.2 Å². The predicted molar refractivity (Wildman–Crippen MR) is 35.9 cm³/mol. The van der Waals surface area contributed by atoms with Crippen LogP contribution in [0.2, 0.25) is 0 Å². The van der Waals surface area contributed by atoms with Gasteiger partial charge in [-0.3, -0.25) is 4.79 Å². The van der Waals surface area contributed by atoms with Crippen molar-refractivity contribution in [1.82, 2.24) is 5.32 Å². The van der Waals surface area contributed by atoms with Crippen molar-refractivity contribution in [3.05, 3.63) is 0 Å². The summed E-state index contributed by atoms with van der Waals surface area (Å²) in [7, 11) is 0. The SMILES string of the molecule is NC(=O)C(=S)NCC(F)(F)F. The number of nitrogens with one attached hydrogen (secondary N) is 1. The van der Waals surface area contributed by atoms with Crippen LogP contribution in [0.1, 0.15) is 0 Å². The molecule has 0 spiro atoms. The summed E-state index contributed by atoms with van der Waals surface area (Å²) in [5, 5.41) is 1.65. The number of halogens is 3. The molecule has 0 aromatic heterocycles. The first-order valence-corrected chi connectivity index (χ1v) is 2.88. The number of hydrogen-bond acceptors (Lipinski definition) is 2. The van der Waals surface area contributed by atoms with Crippen molar-refractivity contribution in [1.29, 1.82) is 0 Å². The topological polar surface area (TPSA) is 55.1 Å². The second kappa shape index (κ2) is 3.51. The van der Waals surface area contributed by atoms with Gasteiger partial charge in [0.15, 0.2) is 4.99 Å². The van der Waals surface area contributed by atoms with E-state index in [-0.39, 0.29) is 0 Å². The molecular formula is C4H5F3N2OS. The normalized spacial score (nSPS) is 10.8. The molecule has 0 aromatic rings. The van der Waals surface area contributed by atoms with Crippen molar-refractivity contribution < 1.29 is 18.0 Å². The molecule has 11 heavy (non-hydrogen) atoms. The van der Waals surface area contributed by atoms with E-state index in [0.29, 0.717) is 0 Å². The molecule has 64 valence electrons. The molecule has 0 radical (unpaired) electrons. The molecule has 0 saturated carbocycles. The molecule has 0 rings (SSSR count). The highest BCUT2D eigenvalue weighted by atomic mass is 32.1. The number of thiocarbonyl (C=S) groups is 1. The van der Waals surface area contributed by atoms with Crippen molar-refractivity contribution in [2.75, 3.05) is 6.54 Å². The van der Waals surface area contributed by atoms with E-state index < -0.39 is 23.6 Å². The number of hydrogen-bond donors (Lipinski definition) is 2. The number of amides is 1. The summed E-state index contributed by atoms with van der Waals surface area (Å²) in [6.45, 7) is -1.34. The lowest BCUT2D eigenvalue weighted by molar-refractivity contribution is -0.122. The molecule has 3 nitrogen and oxygen atoms in total. The number of rotatable bonds is 1. The zero-order valence-electron chi connectivity index (χ0n) is 5.23. The van der Waals surface area contributed by atoms with Crippen LogP contribution in [0.5, 0.6) is 0 Å². The van der Waals surface area contributed by atoms with Gasteiger partial charge in [-0.05, 0) is 0 Å². The van der Waals surface area contributed by atoms with E-state index in [1.807, 2.05) is 0 Å². The Labute approximate surface area is 65.7 Å². The third-order valence-corrected chi connectivity index (χ3v) is 1.02. The summed E-state index contributed by atoms with van der Waals surface area (Å²) >= 11 is 4.16. The molecule has 0 atom stereocenters. The van der Waals surface area contributed by atoms with Crippen LogP contribution >= 0.6 is 12.2 Å². The van der Waals surface area contributed by atoms with Gasteiger partial charge in [0.05, 0.1) is 0 Å². The van der Waals surface area contributed by atoms with E-state index in [0.717, 1.165) is 0 Å². The van der Waals surface area contributed by atoms with E-state index in [2.05, 4.69) is 18.0 Å². The fourth-order valence-corrected chi connectivity index (χ4v) is 0.340. The average Bonchev–Trinajstić information content (AvgIpc) is 1.80. The first-order valence-electron chi connectivity index (χ1n) is 2.47. The fourth-order valence-electron chi connectivity index (χ4n) is 0.268. The molecule has 0 unspecified atom stereocenters. The fraction of sp³-hybridized carbons (Fsp3) is 0.500. The van der Waals surface area contributed by atoms with Crippen LogP contribution < -0.4 is 11.1 Å². The van der Waals surface area contributed by atoms with Crippen LogP contribution in [0.15, 0.2) is 0 Å². The maximum Gasteiger partial charge on any atom is 0.405 e. The molecule has 3 N–H and O–H groups in total. The van der Waals surface area contributed by atoms with E-state index in [4.69, 9.17) is 0 Å². The molecule has 1 amide bonds. The molecule has 0 heterocycles. The zero-order valence-corrected chi connectivity index (χ0v) is 6.05. The van der Waals surface area contributed by atoms with Crippen molar-refractivity contribution in [3.8, 4) is 0 Å². The Hall–Kier alpha value is -0.850. The molecule has 0 aliphatic carbocycles. The van der Waals surface area contributed by atoms with E-state index >= 15 is 0 Å². The average molecular weight is 186 g/mol. The Balaban J connectivity index is 3.73. The minimum absolute atomic E-state index is 0.609. The molecule has 7 heteroatoms. The summed E-state index contributed by atoms with van der Waals surface area (Å²) < 4.78 is 34.2. The van der Waals surface area contributed by atoms with Gasteiger partial charge in [-0.25, -0.2) is 0 Å². The molecule has 0 bridgehead atoms. The van der Waals surface area contributed by atoms with Gasteiger partial charge in [0.25, 0.3) is 5.91 Å². The summed E-state index contributed by atoms with van der Waals surface area (Å²) in [4.78, 5) is 9.46. The second-order valence-electron chi connectivity index (χ2n) is 1.66. The van der Waals surface area contributed by atoms with Crippen LogP contribution in [0.3, 0.4) is 0 Å². The lowest BCUT2D eigenvalue weighted by Crippen LogP contribution is -2.39. The molecule has 0 fully saturated rings. The number of carbonyl (C=O) groups excluding carboxylic acids is 1. The Morgan fingerprint density at radius 1 is 1.55 bits per heavy atom. The highest BCUT2D eigenvalue weighted by Gasteiger charge is 2.27. The minimum atomic E-state index is -4.39.